The Morgan fingerprint density at radius 1 is 1.05 bits per heavy atom. The maximum Gasteiger partial charge on any atom is 0.435 e. The fourth-order valence-corrected chi connectivity index (χ4v) is 4.68. The van der Waals surface area contributed by atoms with Crippen LogP contribution in [0.15, 0.2) is 71.6 Å². The summed E-state index contributed by atoms with van der Waals surface area (Å²) in [5, 5.41) is 18.8. The van der Waals surface area contributed by atoms with Crippen LogP contribution >= 0.6 is 0 Å². The minimum Gasteiger partial charge on any atom is -0.497 e. The third kappa shape index (κ3) is 5.50. The molecule has 1 heterocycles. The first-order valence-corrected chi connectivity index (χ1v) is 12.7. The molecule has 0 saturated carbocycles. The van der Waals surface area contributed by atoms with E-state index in [1.807, 2.05) is 0 Å². The van der Waals surface area contributed by atoms with Crippen molar-refractivity contribution in [1.29, 1.82) is 5.41 Å². The summed E-state index contributed by atoms with van der Waals surface area (Å²) in [5.74, 6) is -2.83. The first-order valence-electron chi connectivity index (χ1n) is 11.1. The van der Waals surface area contributed by atoms with Gasteiger partial charge in [0.1, 0.15) is 23.1 Å². The Kier molecular flexibility index (Phi) is 7.36. The lowest BCUT2D eigenvalue weighted by atomic mass is 10.0. The number of halogens is 4. The number of nitrogen functional groups attached to an aromatic ring is 1. The number of sulfonamides is 1. The Bertz CT molecular complexity index is 1740. The second-order valence-electron chi connectivity index (χ2n) is 8.28. The van der Waals surface area contributed by atoms with Gasteiger partial charge in [-0.15, -0.1) is 0 Å². The van der Waals surface area contributed by atoms with Crippen molar-refractivity contribution in [2.75, 3.05) is 12.4 Å². The van der Waals surface area contributed by atoms with Crippen LogP contribution in [0.3, 0.4) is 0 Å². The van der Waals surface area contributed by atoms with Crippen LogP contribution in [0.5, 0.6) is 5.75 Å². The van der Waals surface area contributed by atoms with Gasteiger partial charge in [-0.2, -0.15) is 18.3 Å². The fourth-order valence-electron chi connectivity index (χ4n) is 3.93. The quantitative estimate of drug-likeness (QED) is 0.148. The van der Waals surface area contributed by atoms with Crippen LogP contribution in [0.2, 0.25) is 0 Å². The van der Waals surface area contributed by atoms with Gasteiger partial charge in [0.2, 0.25) is 10.0 Å². The van der Waals surface area contributed by atoms with E-state index in [-0.39, 0.29) is 27.4 Å². The van der Waals surface area contributed by atoms with E-state index in [0.29, 0.717) is 10.4 Å². The van der Waals surface area contributed by atoms with Crippen LogP contribution in [0, 0.1) is 11.2 Å². The van der Waals surface area contributed by atoms with Crippen molar-refractivity contribution >= 4 is 27.5 Å². The molecular formula is C25H20F4N6O4S. The summed E-state index contributed by atoms with van der Waals surface area (Å²) < 4.78 is 86.1. The maximum absolute atomic E-state index is 15.1. The van der Waals surface area contributed by atoms with E-state index in [4.69, 9.17) is 21.0 Å². The number of methoxy groups -OCH3 is 1. The highest BCUT2D eigenvalue weighted by Gasteiger charge is 2.42. The van der Waals surface area contributed by atoms with Gasteiger partial charge in [-0.25, -0.2) is 22.6 Å². The summed E-state index contributed by atoms with van der Waals surface area (Å²) in [7, 11) is -2.82. The SMILES string of the molecule is COc1ccc(-n2nc(C(F)(F)F)c(C(=N)N)c2C(=O)Nc2ccc(-c3ccccc3S(N)(=O)=O)c(F)c2)cc1. The number of nitrogens with one attached hydrogen (secondary N) is 2. The Morgan fingerprint density at radius 2 is 1.70 bits per heavy atom. The molecule has 0 aliphatic heterocycles. The van der Waals surface area contributed by atoms with Gasteiger partial charge in [-0.1, -0.05) is 18.2 Å². The van der Waals surface area contributed by atoms with E-state index < -0.39 is 50.7 Å². The van der Waals surface area contributed by atoms with Crippen molar-refractivity contribution in [2.45, 2.75) is 11.1 Å². The van der Waals surface area contributed by atoms with Gasteiger partial charge in [0.15, 0.2) is 5.69 Å². The number of nitrogens with two attached hydrogens (primary N) is 2. The number of anilines is 1. The molecule has 0 spiro atoms. The molecule has 3 aromatic carbocycles. The number of amides is 1. The molecule has 1 aromatic heterocycles. The van der Waals surface area contributed by atoms with Crippen LogP contribution < -0.4 is 20.9 Å². The Balaban J connectivity index is 1.79. The number of primary sulfonamides is 1. The number of rotatable bonds is 7. The van der Waals surface area contributed by atoms with Crippen LogP contribution in [-0.2, 0) is 16.2 Å². The molecule has 4 aromatic rings. The highest BCUT2D eigenvalue weighted by atomic mass is 32.2. The molecule has 0 bridgehead atoms. The molecule has 0 saturated heterocycles. The van der Waals surface area contributed by atoms with E-state index in [9.17, 15) is 26.4 Å². The fraction of sp³-hybridized carbons (Fsp3) is 0.0800. The van der Waals surface area contributed by atoms with Gasteiger partial charge in [0, 0.05) is 16.8 Å². The van der Waals surface area contributed by atoms with Crippen molar-refractivity contribution in [3.8, 4) is 22.6 Å². The summed E-state index contributed by atoms with van der Waals surface area (Å²) in [5.41, 5.74) is 1.82. The van der Waals surface area contributed by atoms with Gasteiger partial charge in [-0.05, 0) is 48.5 Å². The molecular weight excluding hydrogens is 556 g/mol. The molecule has 0 aliphatic carbocycles. The molecule has 0 aliphatic rings. The van der Waals surface area contributed by atoms with Gasteiger partial charge in [-0.3, -0.25) is 10.2 Å². The number of amidine groups is 1. The molecule has 0 unspecified atom stereocenters. The maximum atomic E-state index is 15.1. The molecule has 10 nitrogen and oxygen atoms in total. The number of alkyl halides is 3. The topological polar surface area (TPSA) is 166 Å². The lowest BCUT2D eigenvalue weighted by molar-refractivity contribution is -0.141. The van der Waals surface area contributed by atoms with Crippen LogP contribution in [0.25, 0.3) is 16.8 Å². The van der Waals surface area contributed by atoms with Crippen LogP contribution in [-0.4, -0.2) is 37.1 Å². The number of hydrogen-bond donors (Lipinski definition) is 4. The zero-order chi connectivity index (χ0) is 29.4. The number of hydrogen-bond acceptors (Lipinski definition) is 6. The monoisotopic (exact) mass is 576 g/mol. The molecule has 0 fully saturated rings. The Morgan fingerprint density at radius 3 is 2.25 bits per heavy atom. The van der Waals surface area contributed by atoms with Gasteiger partial charge in [0.25, 0.3) is 5.91 Å². The summed E-state index contributed by atoms with van der Waals surface area (Å²) in [6.07, 6.45) is -5.07. The average Bonchev–Trinajstić information content (AvgIpc) is 3.30. The highest BCUT2D eigenvalue weighted by molar-refractivity contribution is 7.89. The zero-order valence-corrected chi connectivity index (χ0v) is 21.3. The third-order valence-electron chi connectivity index (χ3n) is 5.67. The van der Waals surface area contributed by atoms with Gasteiger partial charge >= 0.3 is 6.18 Å². The van der Waals surface area contributed by atoms with Crippen LogP contribution in [0.4, 0.5) is 23.2 Å². The first-order chi connectivity index (χ1) is 18.7. The summed E-state index contributed by atoms with van der Waals surface area (Å²) >= 11 is 0. The smallest absolute Gasteiger partial charge is 0.435 e. The van der Waals surface area contributed by atoms with Gasteiger partial charge < -0.3 is 15.8 Å². The van der Waals surface area contributed by atoms with Crippen molar-refractivity contribution in [1.82, 2.24) is 9.78 Å². The van der Waals surface area contributed by atoms with Crippen molar-refractivity contribution in [3.63, 3.8) is 0 Å². The Labute approximate surface area is 224 Å². The molecule has 40 heavy (non-hydrogen) atoms. The number of benzene rings is 3. The minimum atomic E-state index is -5.07. The molecule has 208 valence electrons. The summed E-state index contributed by atoms with van der Waals surface area (Å²) in [4.78, 5) is 13.0. The summed E-state index contributed by atoms with van der Waals surface area (Å²) in [6.45, 7) is 0. The number of nitrogens with zero attached hydrogens (tertiary/aromatic N) is 2. The van der Waals surface area contributed by atoms with Crippen molar-refractivity contribution in [3.05, 3.63) is 89.5 Å². The van der Waals surface area contributed by atoms with Crippen molar-refractivity contribution in [2.24, 2.45) is 10.9 Å². The highest BCUT2D eigenvalue weighted by Crippen LogP contribution is 2.35. The van der Waals surface area contributed by atoms with E-state index >= 15 is 4.39 Å². The number of aromatic nitrogens is 2. The number of ether oxygens (including phenoxy) is 1. The average molecular weight is 577 g/mol. The van der Waals surface area contributed by atoms with E-state index in [0.717, 1.165) is 6.07 Å². The second-order valence-corrected chi connectivity index (χ2v) is 9.81. The Hall–Kier alpha value is -4.76. The molecule has 15 heteroatoms. The molecule has 0 radical (unpaired) electrons. The van der Waals surface area contributed by atoms with E-state index in [2.05, 4.69) is 10.4 Å². The lowest BCUT2D eigenvalue weighted by Gasteiger charge is -2.13. The zero-order valence-electron chi connectivity index (χ0n) is 20.5. The normalized spacial score (nSPS) is 11.8. The second kappa shape index (κ2) is 10.4. The molecule has 1 amide bonds. The van der Waals surface area contributed by atoms with Crippen LogP contribution in [0.1, 0.15) is 21.7 Å². The van der Waals surface area contributed by atoms with E-state index in [1.165, 1.54) is 67.8 Å². The summed E-state index contributed by atoms with van der Waals surface area (Å²) in [6, 6.07) is 14.2. The first kappa shape index (κ1) is 28.3. The minimum absolute atomic E-state index is 0.0186. The van der Waals surface area contributed by atoms with E-state index in [1.54, 1.807) is 0 Å². The van der Waals surface area contributed by atoms with Gasteiger partial charge in [0.05, 0.1) is 23.3 Å². The predicted octanol–water partition coefficient (Wildman–Crippen LogP) is 3.89. The largest absolute Gasteiger partial charge is 0.497 e. The molecule has 4 rings (SSSR count). The third-order valence-corrected chi connectivity index (χ3v) is 6.64. The molecule has 6 N–H and O–H groups in total. The van der Waals surface area contributed by atoms with Crippen molar-refractivity contribution < 1.29 is 35.5 Å². The number of carbonyl (C=O) groups excluding carboxylic acids is 1. The predicted molar refractivity (Wildman–Crippen MR) is 137 cm³/mol. The standard InChI is InChI=1S/C25H20F4N6O4S/c1-39-15-9-7-14(8-10-15)35-21(20(23(30)31)22(34-35)25(27,28)29)24(36)33-13-6-11-16(18(26)12-13)17-4-2-3-5-19(17)40(32,37)38/h2-12H,1H3,(H3,30,31)(H,33,36)(H2,32,37,38). The lowest BCUT2D eigenvalue weighted by Crippen LogP contribution is -2.24. The number of carbonyl (C=O) groups is 1. The molecule has 0 atom stereocenters.